The number of carbonyl (C=O) groups excluding carboxylic acids is 2. The summed E-state index contributed by atoms with van der Waals surface area (Å²) in [5.74, 6) is -0.592. The molecule has 4 N–H and O–H groups in total. The number of ether oxygens (including phenoxy) is 1. The molecule has 0 bridgehead atoms. The first-order valence-electron chi connectivity index (χ1n) is 4.81. The van der Waals surface area contributed by atoms with Crippen molar-refractivity contribution >= 4 is 11.8 Å². The molecule has 0 atom stereocenters. The number of morpholine rings is 1. The third-order valence-corrected chi connectivity index (χ3v) is 1.93. The summed E-state index contributed by atoms with van der Waals surface area (Å²) in [4.78, 5) is 22.0. The number of hydrazine groups is 1. The van der Waals surface area contributed by atoms with Crippen LogP contribution in [0.4, 0.5) is 0 Å². The van der Waals surface area contributed by atoms with Crippen LogP contribution in [0.3, 0.4) is 0 Å². The fourth-order valence-corrected chi connectivity index (χ4v) is 1.14. The predicted molar refractivity (Wildman–Crippen MR) is 52.6 cm³/mol. The van der Waals surface area contributed by atoms with Crippen molar-refractivity contribution in [3.05, 3.63) is 0 Å². The van der Waals surface area contributed by atoms with Crippen LogP contribution in [0, 0.1) is 0 Å². The van der Waals surface area contributed by atoms with Gasteiger partial charge in [0.05, 0.1) is 26.3 Å². The number of rotatable bonds is 4. The standard InChI is InChI=1S/C8H16N4O3/c9-5-7(13)10-6-8(14)11-12-1-3-15-4-2-12/h1-6,9H2,(H,10,13)(H,11,14). The molecule has 1 aliphatic heterocycles. The lowest BCUT2D eigenvalue weighted by atomic mass is 10.5. The van der Waals surface area contributed by atoms with Gasteiger partial charge >= 0.3 is 0 Å². The Morgan fingerprint density at radius 2 is 1.93 bits per heavy atom. The first kappa shape index (κ1) is 11.9. The molecule has 1 rings (SSSR count). The quantitative estimate of drug-likeness (QED) is 0.480. The van der Waals surface area contributed by atoms with Gasteiger partial charge in [0.15, 0.2) is 0 Å². The van der Waals surface area contributed by atoms with Crippen molar-refractivity contribution in [2.75, 3.05) is 39.4 Å². The maximum Gasteiger partial charge on any atom is 0.253 e. The second-order valence-corrected chi connectivity index (χ2v) is 3.12. The number of carbonyl (C=O) groups is 2. The van der Waals surface area contributed by atoms with Gasteiger partial charge in [-0.1, -0.05) is 0 Å². The zero-order valence-electron chi connectivity index (χ0n) is 8.49. The highest BCUT2D eigenvalue weighted by atomic mass is 16.5. The zero-order chi connectivity index (χ0) is 11.1. The van der Waals surface area contributed by atoms with Gasteiger partial charge < -0.3 is 15.8 Å². The normalized spacial score (nSPS) is 17.1. The minimum absolute atomic E-state index is 0.0482. The largest absolute Gasteiger partial charge is 0.379 e. The predicted octanol–water partition coefficient (Wildman–Crippen LogP) is -2.58. The molecule has 0 aromatic heterocycles. The highest BCUT2D eigenvalue weighted by molar-refractivity contribution is 5.85. The molecule has 0 aromatic rings. The van der Waals surface area contributed by atoms with E-state index in [1.54, 1.807) is 5.01 Å². The molecular formula is C8H16N4O3. The molecule has 0 saturated carbocycles. The van der Waals surface area contributed by atoms with E-state index in [0.29, 0.717) is 26.3 Å². The fraction of sp³-hybridized carbons (Fsp3) is 0.750. The summed E-state index contributed by atoms with van der Waals surface area (Å²) < 4.78 is 5.12. The van der Waals surface area contributed by atoms with E-state index < -0.39 is 0 Å². The number of nitrogens with one attached hydrogen (secondary N) is 2. The molecule has 0 aliphatic carbocycles. The summed E-state index contributed by atoms with van der Waals surface area (Å²) in [6.07, 6.45) is 0. The molecule has 15 heavy (non-hydrogen) atoms. The lowest BCUT2D eigenvalue weighted by molar-refractivity contribution is -0.130. The minimum Gasteiger partial charge on any atom is -0.379 e. The highest BCUT2D eigenvalue weighted by Gasteiger charge is 2.12. The van der Waals surface area contributed by atoms with Crippen molar-refractivity contribution in [2.24, 2.45) is 5.73 Å². The topological polar surface area (TPSA) is 96.7 Å². The molecule has 86 valence electrons. The second kappa shape index (κ2) is 6.33. The van der Waals surface area contributed by atoms with Gasteiger partial charge in [-0.15, -0.1) is 0 Å². The molecule has 2 amide bonds. The van der Waals surface area contributed by atoms with Crippen molar-refractivity contribution in [2.45, 2.75) is 0 Å². The van der Waals surface area contributed by atoms with Gasteiger partial charge in [-0.05, 0) is 0 Å². The Bertz CT molecular complexity index is 228. The summed E-state index contributed by atoms with van der Waals surface area (Å²) in [6.45, 7) is 2.39. The monoisotopic (exact) mass is 216 g/mol. The van der Waals surface area contributed by atoms with E-state index in [9.17, 15) is 9.59 Å². The summed E-state index contributed by atoms with van der Waals surface area (Å²) in [6, 6.07) is 0. The molecule has 0 radical (unpaired) electrons. The Morgan fingerprint density at radius 3 is 2.53 bits per heavy atom. The van der Waals surface area contributed by atoms with Crippen molar-refractivity contribution < 1.29 is 14.3 Å². The van der Waals surface area contributed by atoms with Crippen LogP contribution in [0.15, 0.2) is 0 Å². The maximum absolute atomic E-state index is 11.3. The van der Waals surface area contributed by atoms with E-state index in [0.717, 1.165) is 0 Å². The second-order valence-electron chi connectivity index (χ2n) is 3.12. The van der Waals surface area contributed by atoms with Gasteiger partial charge in [0, 0.05) is 13.1 Å². The maximum atomic E-state index is 11.3. The number of nitrogens with two attached hydrogens (primary N) is 1. The molecule has 0 unspecified atom stereocenters. The number of hydrogen-bond donors (Lipinski definition) is 3. The number of amides is 2. The number of nitrogens with zero attached hydrogens (tertiary/aromatic N) is 1. The summed E-state index contributed by atoms with van der Waals surface area (Å²) in [5, 5.41) is 4.15. The Morgan fingerprint density at radius 1 is 1.27 bits per heavy atom. The van der Waals surface area contributed by atoms with Crippen LogP contribution in [0.5, 0.6) is 0 Å². The van der Waals surface area contributed by atoms with Crippen LogP contribution in [0.25, 0.3) is 0 Å². The van der Waals surface area contributed by atoms with E-state index in [1.165, 1.54) is 0 Å². The molecule has 1 fully saturated rings. The summed E-state index contributed by atoms with van der Waals surface area (Å²) in [7, 11) is 0. The van der Waals surface area contributed by atoms with Crippen molar-refractivity contribution in [3.8, 4) is 0 Å². The van der Waals surface area contributed by atoms with Crippen LogP contribution in [-0.4, -0.2) is 56.2 Å². The molecule has 1 saturated heterocycles. The lowest BCUT2D eigenvalue weighted by Crippen LogP contribution is -2.51. The average molecular weight is 216 g/mol. The van der Waals surface area contributed by atoms with Gasteiger partial charge in [0.2, 0.25) is 5.91 Å². The molecule has 0 aromatic carbocycles. The lowest BCUT2D eigenvalue weighted by Gasteiger charge is -2.26. The first-order chi connectivity index (χ1) is 7.22. The molecular weight excluding hydrogens is 200 g/mol. The van der Waals surface area contributed by atoms with Crippen molar-refractivity contribution in [1.29, 1.82) is 0 Å². The summed E-state index contributed by atoms with van der Waals surface area (Å²) in [5.41, 5.74) is 7.73. The Labute approximate surface area is 87.9 Å². The van der Waals surface area contributed by atoms with Crippen LogP contribution < -0.4 is 16.5 Å². The molecule has 7 heteroatoms. The van der Waals surface area contributed by atoms with Gasteiger partial charge in [-0.25, -0.2) is 5.01 Å². The smallest absolute Gasteiger partial charge is 0.253 e. The van der Waals surface area contributed by atoms with E-state index in [-0.39, 0.29) is 24.9 Å². The van der Waals surface area contributed by atoms with E-state index >= 15 is 0 Å². The Balaban J connectivity index is 2.14. The third kappa shape index (κ3) is 4.73. The van der Waals surface area contributed by atoms with Crippen LogP contribution in [-0.2, 0) is 14.3 Å². The zero-order valence-corrected chi connectivity index (χ0v) is 8.49. The molecule has 7 nitrogen and oxygen atoms in total. The Kier molecular flexibility index (Phi) is 5.02. The van der Waals surface area contributed by atoms with Crippen LogP contribution >= 0.6 is 0 Å². The van der Waals surface area contributed by atoms with Gasteiger partial charge in [0.25, 0.3) is 5.91 Å². The van der Waals surface area contributed by atoms with E-state index in [4.69, 9.17) is 10.5 Å². The van der Waals surface area contributed by atoms with Crippen LogP contribution in [0.1, 0.15) is 0 Å². The number of hydrogen-bond acceptors (Lipinski definition) is 5. The molecule has 0 spiro atoms. The Hall–Kier alpha value is -1.18. The van der Waals surface area contributed by atoms with Gasteiger partial charge in [-0.2, -0.15) is 0 Å². The highest BCUT2D eigenvalue weighted by Crippen LogP contribution is 1.91. The van der Waals surface area contributed by atoms with Gasteiger partial charge in [0.1, 0.15) is 0 Å². The van der Waals surface area contributed by atoms with E-state index in [2.05, 4.69) is 10.7 Å². The average Bonchev–Trinajstić information content (AvgIpc) is 2.27. The first-order valence-corrected chi connectivity index (χ1v) is 4.81. The fourth-order valence-electron chi connectivity index (χ4n) is 1.14. The summed E-state index contributed by atoms with van der Waals surface area (Å²) >= 11 is 0. The third-order valence-electron chi connectivity index (χ3n) is 1.93. The molecule has 1 aliphatic rings. The molecule has 1 heterocycles. The van der Waals surface area contributed by atoms with E-state index in [1.807, 2.05) is 0 Å². The minimum atomic E-state index is -0.341. The van der Waals surface area contributed by atoms with Crippen molar-refractivity contribution in [3.63, 3.8) is 0 Å². The van der Waals surface area contributed by atoms with Crippen LogP contribution in [0.2, 0.25) is 0 Å². The SMILES string of the molecule is NCC(=O)NCC(=O)NN1CCOCC1. The van der Waals surface area contributed by atoms with Gasteiger partial charge in [-0.3, -0.25) is 15.0 Å². The van der Waals surface area contributed by atoms with Crippen molar-refractivity contribution in [1.82, 2.24) is 15.8 Å².